The first-order valence-corrected chi connectivity index (χ1v) is 3.69. The molecule has 2 N–H and O–H groups in total. The second-order valence-corrected chi connectivity index (χ2v) is 2.80. The van der Waals surface area contributed by atoms with Gasteiger partial charge in [-0.2, -0.15) is 0 Å². The van der Waals surface area contributed by atoms with Crippen molar-refractivity contribution in [1.29, 1.82) is 0 Å². The molecule has 1 fully saturated rings. The highest BCUT2D eigenvalue weighted by Crippen LogP contribution is 2.20. The highest BCUT2D eigenvalue weighted by Gasteiger charge is 2.34. The molecule has 66 valence electrons. The largest absolute Gasteiger partial charge is 0.390 e. The van der Waals surface area contributed by atoms with Crippen molar-refractivity contribution >= 4 is 0 Å². The SMILES string of the molecule is CO[C@H]1[C@@H](O)C[C@@H](O)O[C@@H]1C. The van der Waals surface area contributed by atoms with Crippen LogP contribution in [0.2, 0.25) is 0 Å². The molecule has 1 aliphatic heterocycles. The van der Waals surface area contributed by atoms with Gasteiger partial charge in [0.15, 0.2) is 6.29 Å². The number of rotatable bonds is 1. The average molecular weight is 162 g/mol. The number of methoxy groups -OCH3 is 1. The van der Waals surface area contributed by atoms with Gasteiger partial charge in [0.05, 0.1) is 12.2 Å². The number of aliphatic hydroxyl groups is 2. The fraction of sp³-hybridized carbons (Fsp3) is 1.00. The van der Waals surface area contributed by atoms with E-state index in [4.69, 9.17) is 14.6 Å². The van der Waals surface area contributed by atoms with Gasteiger partial charge in [0.25, 0.3) is 0 Å². The third kappa shape index (κ3) is 1.90. The molecule has 4 nitrogen and oxygen atoms in total. The van der Waals surface area contributed by atoms with Crippen LogP contribution in [0.4, 0.5) is 0 Å². The molecule has 0 aliphatic carbocycles. The van der Waals surface area contributed by atoms with Crippen molar-refractivity contribution in [3.63, 3.8) is 0 Å². The van der Waals surface area contributed by atoms with Gasteiger partial charge in [-0.15, -0.1) is 0 Å². The van der Waals surface area contributed by atoms with Crippen molar-refractivity contribution in [3.05, 3.63) is 0 Å². The predicted molar refractivity (Wildman–Crippen MR) is 38.0 cm³/mol. The molecule has 1 heterocycles. The van der Waals surface area contributed by atoms with Gasteiger partial charge in [0, 0.05) is 13.5 Å². The predicted octanol–water partition coefficient (Wildman–Crippen LogP) is -0.510. The van der Waals surface area contributed by atoms with Crippen molar-refractivity contribution < 1.29 is 19.7 Å². The lowest BCUT2D eigenvalue weighted by Gasteiger charge is -2.34. The monoisotopic (exact) mass is 162 g/mol. The summed E-state index contributed by atoms with van der Waals surface area (Å²) in [5.74, 6) is 0. The summed E-state index contributed by atoms with van der Waals surface area (Å²) in [7, 11) is 1.52. The molecule has 0 spiro atoms. The Kier molecular flexibility index (Phi) is 2.84. The van der Waals surface area contributed by atoms with Crippen LogP contribution in [-0.2, 0) is 9.47 Å². The highest BCUT2D eigenvalue weighted by atomic mass is 16.6. The summed E-state index contributed by atoms with van der Waals surface area (Å²) in [4.78, 5) is 0. The Bertz CT molecular complexity index is 116. The van der Waals surface area contributed by atoms with Crippen LogP contribution >= 0.6 is 0 Å². The zero-order valence-corrected chi connectivity index (χ0v) is 6.73. The molecule has 0 aromatic carbocycles. The van der Waals surface area contributed by atoms with E-state index >= 15 is 0 Å². The molecule has 0 bridgehead atoms. The van der Waals surface area contributed by atoms with Crippen LogP contribution in [0.5, 0.6) is 0 Å². The third-order valence-corrected chi connectivity index (χ3v) is 1.93. The zero-order chi connectivity index (χ0) is 8.43. The number of ether oxygens (including phenoxy) is 2. The maximum absolute atomic E-state index is 9.34. The summed E-state index contributed by atoms with van der Waals surface area (Å²) in [6.45, 7) is 1.76. The first kappa shape index (κ1) is 8.93. The van der Waals surface area contributed by atoms with Crippen LogP contribution in [0.15, 0.2) is 0 Å². The maximum Gasteiger partial charge on any atom is 0.157 e. The second kappa shape index (κ2) is 3.49. The summed E-state index contributed by atoms with van der Waals surface area (Å²) in [5.41, 5.74) is 0. The Hall–Kier alpha value is -0.160. The molecular weight excluding hydrogens is 148 g/mol. The van der Waals surface area contributed by atoms with Gasteiger partial charge >= 0.3 is 0 Å². The molecule has 0 unspecified atom stereocenters. The Balaban J connectivity index is 2.52. The molecule has 0 aromatic heterocycles. The minimum Gasteiger partial charge on any atom is -0.390 e. The van der Waals surface area contributed by atoms with Crippen molar-refractivity contribution in [2.24, 2.45) is 0 Å². The Morgan fingerprint density at radius 3 is 2.55 bits per heavy atom. The highest BCUT2D eigenvalue weighted by molar-refractivity contribution is 4.80. The van der Waals surface area contributed by atoms with Gasteiger partial charge in [-0.05, 0) is 6.92 Å². The quantitative estimate of drug-likeness (QED) is 0.545. The Morgan fingerprint density at radius 2 is 2.09 bits per heavy atom. The van der Waals surface area contributed by atoms with Gasteiger partial charge in [-0.25, -0.2) is 0 Å². The molecule has 11 heavy (non-hydrogen) atoms. The topological polar surface area (TPSA) is 58.9 Å². The van der Waals surface area contributed by atoms with Gasteiger partial charge in [0.2, 0.25) is 0 Å². The van der Waals surface area contributed by atoms with Crippen LogP contribution in [0.1, 0.15) is 13.3 Å². The van der Waals surface area contributed by atoms with Crippen LogP contribution in [0.25, 0.3) is 0 Å². The number of aliphatic hydroxyl groups excluding tert-OH is 2. The van der Waals surface area contributed by atoms with Crippen LogP contribution < -0.4 is 0 Å². The lowest BCUT2D eigenvalue weighted by atomic mass is 10.0. The van der Waals surface area contributed by atoms with Gasteiger partial charge in [0.1, 0.15) is 6.10 Å². The third-order valence-electron chi connectivity index (χ3n) is 1.93. The van der Waals surface area contributed by atoms with Gasteiger partial charge < -0.3 is 19.7 Å². The Morgan fingerprint density at radius 1 is 1.45 bits per heavy atom. The van der Waals surface area contributed by atoms with E-state index in [2.05, 4.69) is 0 Å². The van der Waals surface area contributed by atoms with E-state index in [0.29, 0.717) is 0 Å². The van der Waals surface area contributed by atoms with Crippen molar-refractivity contribution in [3.8, 4) is 0 Å². The van der Waals surface area contributed by atoms with Crippen LogP contribution in [-0.4, -0.2) is 41.9 Å². The fourth-order valence-corrected chi connectivity index (χ4v) is 1.38. The second-order valence-electron chi connectivity index (χ2n) is 2.80. The van der Waals surface area contributed by atoms with Crippen molar-refractivity contribution in [2.75, 3.05) is 7.11 Å². The van der Waals surface area contributed by atoms with E-state index in [1.807, 2.05) is 0 Å². The lowest BCUT2D eigenvalue weighted by molar-refractivity contribution is -0.232. The van der Waals surface area contributed by atoms with Crippen molar-refractivity contribution in [2.45, 2.75) is 37.9 Å². The Labute approximate surface area is 65.7 Å². The molecule has 0 amide bonds. The number of hydrogen-bond acceptors (Lipinski definition) is 4. The normalized spacial score (nSPS) is 45.8. The van der Waals surface area contributed by atoms with E-state index in [1.165, 1.54) is 7.11 Å². The molecular formula is C7H14O4. The summed E-state index contributed by atoms with van der Waals surface area (Å²) >= 11 is 0. The zero-order valence-electron chi connectivity index (χ0n) is 6.73. The molecule has 1 aliphatic rings. The molecule has 0 radical (unpaired) electrons. The van der Waals surface area contributed by atoms with E-state index in [-0.39, 0.29) is 18.6 Å². The van der Waals surface area contributed by atoms with E-state index in [1.54, 1.807) is 6.92 Å². The summed E-state index contributed by atoms with van der Waals surface area (Å²) in [6.07, 6.45) is -1.83. The van der Waals surface area contributed by atoms with E-state index < -0.39 is 12.4 Å². The molecule has 0 aromatic rings. The molecule has 0 saturated carbocycles. The first-order valence-electron chi connectivity index (χ1n) is 3.69. The summed E-state index contributed by atoms with van der Waals surface area (Å²) in [5, 5.41) is 18.4. The minimum atomic E-state index is -0.855. The summed E-state index contributed by atoms with van der Waals surface area (Å²) in [6, 6.07) is 0. The van der Waals surface area contributed by atoms with Crippen LogP contribution in [0.3, 0.4) is 0 Å². The van der Waals surface area contributed by atoms with E-state index in [9.17, 15) is 5.11 Å². The smallest absolute Gasteiger partial charge is 0.157 e. The maximum atomic E-state index is 9.34. The van der Waals surface area contributed by atoms with Gasteiger partial charge in [-0.3, -0.25) is 0 Å². The molecule has 1 rings (SSSR count). The molecule has 4 heteroatoms. The lowest BCUT2D eigenvalue weighted by Crippen LogP contribution is -2.47. The number of hydrogen-bond donors (Lipinski definition) is 2. The standard InChI is InChI=1S/C7H14O4/c1-4-7(10-2)5(8)3-6(9)11-4/h4-9H,3H2,1-2H3/t4-,5+,6+,7-/m1/s1. The minimum absolute atomic E-state index is 0.225. The molecule has 4 atom stereocenters. The van der Waals surface area contributed by atoms with Crippen molar-refractivity contribution in [1.82, 2.24) is 0 Å². The molecule has 1 saturated heterocycles. The summed E-state index contributed by atoms with van der Waals surface area (Å²) < 4.78 is 10.0. The van der Waals surface area contributed by atoms with Crippen LogP contribution in [0, 0.1) is 0 Å². The average Bonchev–Trinajstić information content (AvgIpc) is 1.85. The van der Waals surface area contributed by atoms with Gasteiger partial charge in [-0.1, -0.05) is 0 Å². The first-order chi connectivity index (χ1) is 5.15. The van der Waals surface area contributed by atoms with E-state index in [0.717, 1.165) is 0 Å². The fourth-order valence-electron chi connectivity index (χ4n) is 1.38.